The van der Waals surface area contributed by atoms with Crippen LogP contribution < -0.4 is 11.1 Å². The molecular formula is C21H23N5O2. The molecule has 0 saturated carbocycles. The van der Waals surface area contributed by atoms with Gasteiger partial charge in [-0.25, -0.2) is 9.48 Å². The Morgan fingerprint density at radius 3 is 2.32 bits per heavy atom. The van der Waals surface area contributed by atoms with E-state index in [1.807, 2.05) is 83.5 Å². The summed E-state index contributed by atoms with van der Waals surface area (Å²) < 4.78 is 1.83. The number of amides is 3. The number of hydrogen-bond donors (Lipinski definition) is 2. The molecule has 0 aliphatic heterocycles. The van der Waals surface area contributed by atoms with Crippen molar-refractivity contribution < 1.29 is 9.59 Å². The number of hydrogen-bond acceptors (Lipinski definition) is 4. The highest BCUT2D eigenvalue weighted by Crippen LogP contribution is 2.25. The maximum absolute atomic E-state index is 12.1. The van der Waals surface area contributed by atoms with Gasteiger partial charge < -0.3 is 5.73 Å². The van der Waals surface area contributed by atoms with Crippen LogP contribution >= 0.6 is 0 Å². The minimum Gasteiger partial charge on any atom is -0.351 e. The van der Waals surface area contributed by atoms with E-state index in [2.05, 4.69) is 5.32 Å². The maximum atomic E-state index is 12.1. The molecule has 3 rings (SSSR count). The third kappa shape index (κ3) is 4.44. The number of para-hydroxylation sites is 1. The fraction of sp³-hybridized carbons (Fsp3) is 0.190. The average Bonchev–Trinajstić information content (AvgIpc) is 3.12. The Balaban J connectivity index is 1.91. The van der Waals surface area contributed by atoms with E-state index in [0.29, 0.717) is 6.54 Å². The van der Waals surface area contributed by atoms with Crippen LogP contribution in [0.15, 0.2) is 66.9 Å². The molecule has 0 unspecified atom stereocenters. The van der Waals surface area contributed by atoms with Crippen molar-refractivity contribution in [1.82, 2.24) is 20.0 Å². The van der Waals surface area contributed by atoms with Gasteiger partial charge in [0.15, 0.2) is 0 Å². The normalized spacial score (nSPS) is 12.0. The second-order valence-corrected chi connectivity index (χ2v) is 6.59. The third-order valence-corrected chi connectivity index (χ3v) is 4.56. The number of rotatable bonds is 6. The number of carbonyl (C=O) groups is 2. The highest BCUT2D eigenvalue weighted by atomic mass is 16.2. The molecule has 7 nitrogen and oxygen atoms in total. The summed E-state index contributed by atoms with van der Waals surface area (Å²) in [5, 5.41) is 6.90. The molecule has 0 fully saturated rings. The van der Waals surface area contributed by atoms with Crippen LogP contribution in [0, 0.1) is 0 Å². The summed E-state index contributed by atoms with van der Waals surface area (Å²) in [6.45, 7) is 2.20. The van der Waals surface area contributed by atoms with Crippen molar-refractivity contribution in [2.75, 3.05) is 7.05 Å². The molecular weight excluding hydrogens is 354 g/mol. The summed E-state index contributed by atoms with van der Waals surface area (Å²) in [4.78, 5) is 24.9. The molecule has 3 amide bonds. The number of nitrogens with two attached hydrogens (primary N) is 1. The van der Waals surface area contributed by atoms with Gasteiger partial charge in [-0.2, -0.15) is 5.10 Å². The topological polar surface area (TPSA) is 93.2 Å². The van der Waals surface area contributed by atoms with Crippen molar-refractivity contribution in [1.29, 1.82) is 0 Å². The van der Waals surface area contributed by atoms with Crippen LogP contribution in [0.25, 0.3) is 16.9 Å². The van der Waals surface area contributed by atoms with Crippen LogP contribution in [0.5, 0.6) is 0 Å². The summed E-state index contributed by atoms with van der Waals surface area (Å²) in [7, 11) is 1.82. The van der Waals surface area contributed by atoms with Crippen molar-refractivity contribution in [3.8, 4) is 16.9 Å². The van der Waals surface area contributed by atoms with E-state index in [4.69, 9.17) is 10.8 Å². The van der Waals surface area contributed by atoms with Crippen molar-refractivity contribution in [3.05, 3.63) is 72.4 Å². The number of imide groups is 1. The quantitative estimate of drug-likeness (QED) is 0.690. The van der Waals surface area contributed by atoms with E-state index in [-0.39, 0.29) is 0 Å². The van der Waals surface area contributed by atoms with Gasteiger partial charge >= 0.3 is 6.03 Å². The van der Waals surface area contributed by atoms with Crippen LogP contribution in [0.2, 0.25) is 0 Å². The van der Waals surface area contributed by atoms with Gasteiger partial charge in [0.1, 0.15) is 0 Å². The molecule has 0 bridgehead atoms. The minimum atomic E-state index is -0.855. The monoisotopic (exact) mass is 377 g/mol. The second kappa shape index (κ2) is 8.49. The molecule has 28 heavy (non-hydrogen) atoms. The van der Waals surface area contributed by atoms with Crippen LogP contribution in [0.1, 0.15) is 12.5 Å². The van der Waals surface area contributed by atoms with Gasteiger partial charge in [-0.15, -0.1) is 0 Å². The second-order valence-electron chi connectivity index (χ2n) is 6.59. The number of likely N-dealkylation sites (N-methyl/N-ethyl adjacent to an activating group) is 1. The molecule has 3 aromatic rings. The summed E-state index contributed by atoms with van der Waals surface area (Å²) in [6, 6.07) is 18.4. The first kappa shape index (κ1) is 19.3. The molecule has 0 saturated heterocycles. The van der Waals surface area contributed by atoms with Crippen LogP contribution in [0.3, 0.4) is 0 Å². The van der Waals surface area contributed by atoms with E-state index >= 15 is 0 Å². The molecule has 0 spiro atoms. The number of nitrogens with one attached hydrogen (secondary N) is 1. The Hall–Kier alpha value is -3.45. The fourth-order valence-corrected chi connectivity index (χ4v) is 2.91. The van der Waals surface area contributed by atoms with Crippen molar-refractivity contribution in [3.63, 3.8) is 0 Å². The number of carbonyl (C=O) groups excluding carboxylic acids is 2. The van der Waals surface area contributed by atoms with Gasteiger partial charge in [-0.1, -0.05) is 48.5 Å². The lowest BCUT2D eigenvalue weighted by Crippen LogP contribution is -2.46. The molecule has 3 N–H and O–H groups in total. The Labute approximate surface area is 163 Å². The molecule has 1 heterocycles. The Morgan fingerprint density at radius 1 is 1.11 bits per heavy atom. The molecule has 0 aliphatic rings. The van der Waals surface area contributed by atoms with E-state index in [1.165, 1.54) is 0 Å². The molecule has 0 radical (unpaired) electrons. The predicted molar refractivity (Wildman–Crippen MR) is 108 cm³/mol. The van der Waals surface area contributed by atoms with Gasteiger partial charge in [0, 0.05) is 23.9 Å². The molecule has 2 aromatic carbocycles. The van der Waals surface area contributed by atoms with Crippen molar-refractivity contribution >= 4 is 11.9 Å². The molecule has 7 heteroatoms. The molecule has 0 aliphatic carbocycles. The van der Waals surface area contributed by atoms with Gasteiger partial charge in [0.25, 0.3) is 0 Å². The fourth-order valence-electron chi connectivity index (χ4n) is 2.91. The third-order valence-electron chi connectivity index (χ3n) is 4.56. The first-order valence-electron chi connectivity index (χ1n) is 8.95. The highest BCUT2D eigenvalue weighted by Gasteiger charge is 2.22. The highest BCUT2D eigenvalue weighted by molar-refractivity contribution is 5.96. The number of urea groups is 1. The predicted octanol–water partition coefficient (Wildman–Crippen LogP) is 2.55. The summed E-state index contributed by atoms with van der Waals surface area (Å²) in [5.41, 5.74) is 8.81. The molecule has 1 atom stereocenters. The lowest BCUT2D eigenvalue weighted by molar-refractivity contribution is -0.124. The van der Waals surface area contributed by atoms with E-state index < -0.39 is 18.0 Å². The summed E-state index contributed by atoms with van der Waals surface area (Å²) in [5.74, 6) is -0.438. The molecule has 1 aromatic heterocycles. The van der Waals surface area contributed by atoms with E-state index in [0.717, 1.165) is 22.5 Å². The van der Waals surface area contributed by atoms with Crippen LogP contribution in [-0.4, -0.2) is 39.7 Å². The largest absolute Gasteiger partial charge is 0.351 e. The Morgan fingerprint density at radius 2 is 1.71 bits per heavy atom. The van der Waals surface area contributed by atoms with Crippen molar-refractivity contribution in [2.45, 2.75) is 19.5 Å². The summed E-state index contributed by atoms with van der Waals surface area (Å²) >= 11 is 0. The summed E-state index contributed by atoms with van der Waals surface area (Å²) in [6.07, 6.45) is 1.97. The minimum absolute atomic E-state index is 0.438. The lowest BCUT2D eigenvalue weighted by Gasteiger charge is -2.23. The number of nitrogens with zero attached hydrogens (tertiary/aromatic N) is 3. The van der Waals surface area contributed by atoms with Gasteiger partial charge in [0.05, 0.1) is 17.4 Å². The zero-order chi connectivity index (χ0) is 20.1. The van der Waals surface area contributed by atoms with Crippen LogP contribution in [-0.2, 0) is 11.3 Å². The van der Waals surface area contributed by atoms with Crippen LogP contribution in [0.4, 0.5) is 4.79 Å². The maximum Gasteiger partial charge on any atom is 0.318 e. The Kier molecular flexibility index (Phi) is 5.86. The lowest BCUT2D eigenvalue weighted by atomic mass is 10.1. The average molecular weight is 377 g/mol. The first-order valence-corrected chi connectivity index (χ1v) is 8.95. The first-order chi connectivity index (χ1) is 13.5. The smallest absolute Gasteiger partial charge is 0.318 e. The van der Waals surface area contributed by atoms with Gasteiger partial charge in [-0.05, 0) is 26.1 Å². The SMILES string of the molecule is C[C@@H](C(=O)NC(N)=O)N(C)Cc1cn(-c2ccccc2)nc1-c1ccccc1. The zero-order valence-electron chi connectivity index (χ0n) is 15.9. The van der Waals surface area contributed by atoms with Gasteiger partial charge in [0.2, 0.25) is 5.91 Å². The molecule has 144 valence electrons. The van der Waals surface area contributed by atoms with Crippen molar-refractivity contribution in [2.24, 2.45) is 5.73 Å². The van der Waals surface area contributed by atoms with Gasteiger partial charge in [-0.3, -0.25) is 15.0 Å². The number of benzene rings is 2. The number of primary amides is 1. The van der Waals surface area contributed by atoms with E-state index in [1.54, 1.807) is 6.92 Å². The zero-order valence-corrected chi connectivity index (χ0v) is 15.9. The standard InChI is InChI=1S/C21H23N5O2/c1-15(20(27)23-21(22)28)25(2)13-17-14-26(18-11-7-4-8-12-18)24-19(17)16-9-5-3-6-10-16/h3-12,14-15H,13H2,1-2H3,(H3,22,23,27,28)/t15-/m0/s1. The van der Waals surface area contributed by atoms with E-state index in [9.17, 15) is 9.59 Å². The number of aromatic nitrogens is 2. The Bertz CT molecular complexity index is 953.